The zero-order valence-corrected chi connectivity index (χ0v) is 21.5. The van der Waals surface area contributed by atoms with Crippen LogP contribution < -0.4 is 15.2 Å². The summed E-state index contributed by atoms with van der Waals surface area (Å²) in [6.45, 7) is 1.63. The number of oxazole rings is 1. The molecule has 0 amide bonds. The molecule has 3 aromatic heterocycles. The summed E-state index contributed by atoms with van der Waals surface area (Å²) < 4.78 is 16.6. The fourth-order valence-corrected chi connectivity index (χ4v) is 5.24. The van der Waals surface area contributed by atoms with Crippen molar-refractivity contribution in [1.29, 1.82) is 0 Å². The number of carboxylic acid groups (broad SMARTS) is 1. The Morgan fingerprint density at radius 2 is 1.92 bits per heavy atom. The Morgan fingerprint density at radius 3 is 2.77 bits per heavy atom. The number of para-hydroxylation sites is 1. The van der Waals surface area contributed by atoms with E-state index in [1.807, 2.05) is 43.5 Å². The third-order valence-electron chi connectivity index (χ3n) is 6.08. The molecule has 0 saturated carbocycles. The van der Waals surface area contributed by atoms with Crippen molar-refractivity contribution in [2.45, 2.75) is 13.5 Å². The number of fused-ring (bicyclic) bond motifs is 2. The van der Waals surface area contributed by atoms with Gasteiger partial charge in [0, 0.05) is 22.7 Å². The molecule has 0 aliphatic carbocycles. The second-order valence-electron chi connectivity index (χ2n) is 8.83. The summed E-state index contributed by atoms with van der Waals surface area (Å²) in [6, 6.07) is 20.7. The van der Waals surface area contributed by atoms with Gasteiger partial charge in [-0.2, -0.15) is 0 Å². The molecule has 0 fully saturated rings. The van der Waals surface area contributed by atoms with Gasteiger partial charge in [0.25, 0.3) is 0 Å². The van der Waals surface area contributed by atoms with Crippen molar-refractivity contribution in [1.82, 2.24) is 15.0 Å². The first-order valence-corrected chi connectivity index (χ1v) is 12.8. The number of aliphatic carboxylic acids is 1. The molecule has 3 heterocycles. The number of aromatic amines is 1. The zero-order chi connectivity index (χ0) is 26.9. The summed E-state index contributed by atoms with van der Waals surface area (Å²) in [5.41, 5.74) is 5.17. The summed E-state index contributed by atoms with van der Waals surface area (Å²) in [6.07, 6.45) is 1.83. The van der Waals surface area contributed by atoms with E-state index < -0.39 is 18.3 Å². The van der Waals surface area contributed by atoms with Gasteiger partial charge < -0.3 is 19.0 Å². The summed E-state index contributed by atoms with van der Waals surface area (Å²) >= 11 is 1.50. The quantitative estimate of drug-likeness (QED) is 0.248. The summed E-state index contributed by atoms with van der Waals surface area (Å²) in [4.78, 5) is 35.6. The Hall–Kier alpha value is -4.96. The van der Waals surface area contributed by atoms with Crippen LogP contribution in [0.5, 0.6) is 11.5 Å². The number of aryl methyl sites for hydroxylation is 1. The van der Waals surface area contributed by atoms with Crippen LogP contribution >= 0.6 is 11.3 Å². The lowest BCUT2D eigenvalue weighted by molar-refractivity contribution is -0.139. The van der Waals surface area contributed by atoms with E-state index in [9.17, 15) is 9.59 Å². The third-order valence-corrected chi connectivity index (χ3v) is 7.16. The average molecular weight is 540 g/mol. The van der Waals surface area contributed by atoms with Crippen LogP contribution in [-0.2, 0) is 11.4 Å². The Labute approximate surface area is 225 Å². The number of H-pyrrole nitrogens is 1. The lowest BCUT2D eigenvalue weighted by Crippen LogP contribution is -2.10. The summed E-state index contributed by atoms with van der Waals surface area (Å²) in [7, 11) is 0. The molecule has 2 N–H and O–H groups in total. The number of carbonyl (C=O) groups is 1. The molecule has 0 aliphatic rings. The van der Waals surface area contributed by atoms with E-state index in [1.165, 1.54) is 11.3 Å². The Kier molecular flexibility index (Phi) is 6.29. The summed E-state index contributed by atoms with van der Waals surface area (Å²) in [5.74, 6) is -0.455. The molecule has 0 unspecified atom stereocenters. The van der Waals surface area contributed by atoms with E-state index >= 15 is 0 Å². The molecule has 0 saturated heterocycles. The minimum Gasteiger partial charge on any atom is -0.486 e. The van der Waals surface area contributed by atoms with Gasteiger partial charge in [-0.1, -0.05) is 24.3 Å². The fourth-order valence-electron chi connectivity index (χ4n) is 4.26. The van der Waals surface area contributed by atoms with Crippen LogP contribution in [0.15, 0.2) is 82.1 Å². The number of nitrogens with zero attached hydrogens (tertiary/aromatic N) is 2. The SMILES string of the molecule is Cc1cc(OCc2nc(-c3ccc4[nH]c(=O)oc4c3)c(-c3cnc4ccccc4c3)s2)ccc1OCC(=O)O. The van der Waals surface area contributed by atoms with Gasteiger partial charge in [-0.3, -0.25) is 9.97 Å². The van der Waals surface area contributed by atoms with E-state index in [-0.39, 0.29) is 6.61 Å². The van der Waals surface area contributed by atoms with E-state index in [1.54, 1.807) is 30.3 Å². The van der Waals surface area contributed by atoms with Gasteiger partial charge in [0.1, 0.15) is 23.1 Å². The highest BCUT2D eigenvalue weighted by Gasteiger charge is 2.18. The van der Waals surface area contributed by atoms with Crippen LogP contribution in [0.4, 0.5) is 0 Å². The van der Waals surface area contributed by atoms with E-state index in [2.05, 4.69) is 16.0 Å². The molecule has 0 aliphatic heterocycles. The number of hydrogen-bond acceptors (Lipinski definition) is 8. The van der Waals surface area contributed by atoms with Gasteiger partial charge in [-0.05, 0) is 55.0 Å². The maximum Gasteiger partial charge on any atom is 0.417 e. The number of rotatable bonds is 8. The maximum absolute atomic E-state index is 11.7. The van der Waals surface area contributed by atoms with Crippen molar-refractivity contribution < 1.29 is 23.8 Å². The van der Waals surface area contributed by atoms with Crippen molar-refractivity contribution in [3.63, 3.8) is 0 Å². The number of pyridine rings is 1. The molecule has 6 aromatic rings. The van der Waals surface area contributed by atoms with Crippen molar-refractivity contribution in [2.24, 2.45) is 0 Å². The zero-order valence-electron chi connectivity index (χ0n) is 20.6. The van der Waals surface area contributed by atoms with Crippen LogP contribution in [0, 0.1) is 6.92 Å². The van der Waals surface area contributed by atoms with E-state index in [0.717, 1.165) is 43.2 Å². The topological polar surface area (TPSA) is 128 Å². The van der Waals surface area contributed by atoms with Crippen LogP contribution in [-0.4, -0.2) is 32.6 Å². The van der Waals surface area contributed by atoms with Crippen LogP contribution in [0.1, 0.15) is 10.6 Å². The Morgan fingerprint density at radius 1 is 1.05 bits per heavy atom. The first kappa shape index (κ1) is 24.4. The minimum atomic E-state index is -1.04. The predicted octanol–water partition coefficient (Wildman–Crippen LogP) is 5.81. The van der Waals surface area contributed by atoms with Gasteiger partial charge in [0.2, 0.25) is 0 Å². The number of benzene rings is 3. The van der Waals surface area contributed by atoms with Crippen molar-refractivity contribution in [3.8, 4) is 33.2 Å². The fraction of sp³-hybridized carbons (Fsp3) is 0.103. The number of carboxylic acids is 1. The predicted molar refractivity (Wildman–Crippen MR) is 147 cm³/mol. The highest BCUT2D eigenvalue weighted by atomic mass is 32.1. The van der Waals surface area contributed by atoms with Gasteiger partial charge in [0.05, 0.1) is 21.6 Å². The normalized spacial score (nSPS) is 11.2. The van der Waals surface area contributed by atoms with Crippen LogP contribution in [0.2, 0.25) is 0 Å². The number of ether oxygens (including phenoxy) is 2. The number of hydrogen-bond donors (Lipinski definition) is 2. The number of nitrogens with one attached hydrogen (secondary N) is 1. The molecule has 3 aromatic carbocycles. The number of thiazole rings is 1. The van der Waals surface area contributed by atoms with Gasteiger partial charge >= 0.3 is 11.7 Å². The van der Waals surface area contributed by atoms with Crippen molar-refractivity contribution >= 4 is 39.3 Å². The van der Waals surface area contributed by atoms with Crippen LogP contribution in [0.25, 0.3) is 43.7 Å². The second kappa shape index (κ2) is 10.1. The van der Waals surface area contributed by atoms with Gasteiger partial charge in [-0.25, -0.2) is 14.6 Å². The molecule has 0 spiro atoms. The first-order valence-electron chi connectivity index (χ1n) is 12.0. The molecular weight excluding hydrogens is 518 g/mol. The maximum atomic E-state index is 11.7. The number of aromatic nitrogens is 3. The molecule has 0 atom stereocenters. The van der Waals surface area contributed by atoms with Gasteiger partial charge in [0.15, 0.2) is 12.2 Å². The molecule has 39 heavy (non-hydrogen) atoms. The lowest BCUT2D eigenvalue weighted by atomic mass is 10.1. The summed E-state index contributed by atoms with van der Waals surface area (Å²) in [5, 5.41) is 10.6. The monoisotopic (exact) mass is 539 g/mol. The van der Waals surface area contributed by atoms with Crippen molar-refractivity contribution in [2.75, 3.05) is 6.61 Å². The molecule has 0 bridgehead atoms. The Balaban J connectivity index is 1.34. The standard InChI is InChI=1S/C29H21N3O6S/c1-16-10-20(7-9-23(16)37-15-26(33)34)36-14-25-32-27(18-6-8-22-24(12-18)38-29(35)31-22)28(39-25)19-11-17-4-2-3-5-21(17)30-13-19/h2-13H,14-15H2,1H3,(H,31,35)(H,33,34). The smallest absolute Gasteiger partial charge is 0.417 e. The second-order valence-corrected chi connectivity index (χ2v) is 9.91. The largest absolute Gasteiger partial charge is 0.486 e. The van der Waals surface area contributed by atoms with E-state index in [4.69, 9.17) is 24.0 Å². The van der Waals surface area contributed by atoms with Gasteiger partial charge in [-0.15, -0.1) is 11.3 Å². The van der Waals surface area contributed by atoms with Crippen molar-refractivity contribution in [3.05, 3.63) is 94.0 Å². The molecule has 9 nitrogen and oxygen atoms in total. The molecule has 194 valence electrons. The molecule has 6 rings (SSSR count). The minimum absolute atomic E-state index is 0.217. The first-order chi connectivity index (χ1) is 18.9. The lowest BCUT2D eigenvalue weighted by Gasteiger charge is -2.09. The molecule has 0 radical (unpaired) electrons. The van der Waals surface area contributed by atoms with Crippen LogP contribution in [0.3, 0.4) is 0 Å². The Bertz CT molecular complexity index is 1900. The average Bonchev–Trinajstić information content (AvgIpc) is 3.53. The third kappa shape index (κ3) is 5.10. The highest BCUT2D eigenvalue weighted by molar-refractivity contribution is 7.15. The highest BCUT2D eigenvalue weighted by Crippen LogP contribution is 2.39. The molecule has 10 heteroatoms. The molecular formula is C29H21N3O6S. The van der Waals surface area contributed by atoms with E-state index in [0.29, 0.717) is 22.6 Å².